The molecule has 2 aromatic carbocycles. The maximum absolute atomic E-state index is 12.8. The van der Waals surface area contributed by atoms with Crippen LogP contribution in [0.25, 0.3) is 6.08 Å². The fourth-order valence-electron chi connectivity index (χ4n) is 3.48. The highest BCUT2D eigenvalue weighted by molar-refractivity contribution is 6.30. The second kappa shape index (κ2) is 11.9. The molecule has 0 aromatic heterocycles. The zero-order chi connectivity index (χ0) is 22.1. The van der Waals surface area contributed by atoms with Crippen molar-refractivity contribution in [1.82, 2.24) is 9.80 Å². The van der Waals surface area contributed by atoms with Gasteiger partial charge in [-0.2, -0.15) is 0 Å². The molecule has 6 heteroatoms. The number of carbonyl (C=O) groups is 1. The molecule has 0 radical (unpaired) electrons. The van der Waals surface area contributed by atoms with Gasteiger partial charge < -0.3 is 19.3 Å². The molecule has 1 aliphatic rings. The zero-order valence-corrected chi connectivity index (χ0v) is 19.1. The Bertz CT molecular complexity index is 875. The van der Waals surface area contributed by atoms with Crippen LogP contribution in [0.4, 0.5) is 0 Å². The quantitative estimate of drug-likeness (QED) is 0.304. The number of halogens is 1. The molecular formula is C25H31ClN2O3. The highest BCUT2D eigenvalue weighted by Gasteiger charge is 2.14. The number of likely N-dealkylation sites (N-methyl/N-ethyl adjacent to an activating group) is 1. The van der Waals surface area contributed by atoms with E-state index in [4.69, 9.17) is 21.1 Å². The first kappa shape index (κ1) is 23.3. The average Bonchev–Trinajstić information content (AvgIpc) is 2.79. The van der Waals surface area contributed by atoms with Gasteiger partial charge in [0, 0.05) is 37.3 Å². The lowest BCUT2D eigenvalue weighted by molar-refractivity contribution is 0.104. The Morgan fingerprint density at radius 3 is 2.52 bits per heavy atom. The number of methoxy groups -OCH3 is 1. The summed E-state index contributed by atoms with van der Waals surface area (Å²) in [7, 11) is 3.78. The van der Waals surface area contributed by atoms with Gasteiger partial charge in [-0.05, 0) is 62.3 Å². The minimum Gasteiger partial charge on any atom is -0.497 e. The third-order valence-corrected chi connectivity index (χ3v) is 5.73. The van der Waals surface area contributed by atoms with Gasteiger partial charge in [0.25, 0.3) is 0 Å². The molecule has 1 saturated heterocycles. The summed E-state index contributed by atoms with van der Waals surface area (Å²) in [6, 6.07) is 12.7. The second-order valence-electron chi connectivity index (χ2n) is 7.81. The molecule has 0 unspecified atom stereocenters. The summed E-state index contributed by atoms with van der Waals surface area (Å²) in [5.74, 6) is 1.13. The van der Waals surface area contributed by atoms with E-state index in [0.29, 0.717) is 28.7 Å². The van der Waals surface area contributed by atoms with Crippen molar-refractivity contribution in [2.45, 2.75) is 12.8 Å². The van der Waals surface area contributed by atoms with Gasteiger partial charge in [0.05, 0.1) is 19.3 Å². The molecule has 1 heterocycles. The Morgan fingerprint density at radius 1 is 1.06 bits per heavy atom. The number of nitrogens with zero attached hydrogens (tertiary/aromatic N) is 2. The normalized spacial score (nSPS) is 15.3. The number of ether oxygens (including phenoxy) is 2. The first-order chi connectivity index (χ1) is 15.0. The van der Waals surface area contributed by atoms with Crippen molar-refractivity contribution < 1.29 is 14.3 Å². The molecule has 0 aliphatic carbocycles. The number of hydrogen-bond donors (Lipinski definition) is 0. The molecule has 2 aromatic rings. The molecule has 31 heavy (non-hydrogen) atoms. The molecule has 3 rings (SSSR count). The highest BCUT2D eigenvalue weighted by Crippen LogP contribution is 2.26. The van der Waals surface area contributed by atoms with Gasteiger partial charge >= 0.3 is 0 Å². The van der Waals surface area contributed by atoms with Crippen LogP contribution in [0, 0.1) is 0 Å². The van der Waals surface area contributed by atoms with Crippen LogP contribution in [-0.2, 0) is 0 Å². The fourth-order valence-corrected chi connectivity index (χ4v) is 3.61. The topological polar surface area (TPSA) is 42.0 Å². The molecule has 0 amide bonds. The number of benzene rings is 2. The average molecular weight is 443 g/mol. The molecule has 5 nitrogen and oxygen atoms in total. The van der Waals surface area contributed by atoms with Gasteiger partial charge in [-0.1, -0.05) is 29.8 Å². The van der Waals surface area contributed by atoms with E-state index in [2.05, 4.69) is 16.8 Å². The van der Waals surface area contributed by atoms with Gasteiger partial charge in [-0.3, -0.25) is 4.79 Å². The summed E-state index contributed by atoms with van der Waals surface area (Å²) >= 11 is 5.92. The Kier molecular flexibility index (Phi) is 8.95. The Balaban J connectivity index is 1.55. The van der Waals surface area contributed by atoms with Gasteiger partial charge in [-0.15, -0.1) is 0 Å². The summed E-state index contributed by atoms with van der Waals surface area (Å²) in [6.07, 6.45) is 5.36. The molecule has 0 saturated carbocycles. The van der Waals surface area contributed by atoms with Gasteiger partial charge in [0.1, 0.15) is 11.5 Å². The number of rotatable bonds is 10. The van der Waals surface area contributed by atoms with Crippen LogP contribution in [0.5, 0.6) is 11.5 Å². The lowest BCUT2D eigenvalue weighted by Crippen LogP contribution is -2.44. The highest BCUT2D eigenvalue weighted by atomic mass is 35.5. The number of unbranched alkanes of at least 4 members (excludes halogenated alkanes) is 1. The van der Waals surface area contributed by atoms with E-state index in [-0.39, 0.29) is 5.78 Å². The molecule has 0 atom stereocenters. The maximum atomic E-state index is 12.8. The van der Waals surface area contributed by atoms with Crippen molar-refractivity contribution in [2.75, 3.05) is 53.5 Å². The number of piperazine rings is 1. The predicted octanol–water partition coefficient (Wildman–Crippen LogP) is 4.65. The van der Waals surface area contributed by atoms with E-state index < -0.39 is 0 Å². The van der Waals surface area contributed by atoms with E-state index in [1.807, 2.05) is 12.1 Å². The van der Waals surface area contributed by atoms with Crippen LogP contribution in [0.15, 0.2) is 48.5 Å². The first-order valence-electron chi connectivity index (χ1n) is 10.7. The van der Waals surface area contributed by atoms with Crippen molar-refractivity contribution in [3.05, 3.63) is 64.7 Å². The smallest absolute Gasteiger partial charge is 0.189 e. The van der Waals surface area contributed by atoms with Crippen molar-refractivity contribution in [2.24, 2.45) is 0 Å². The lowest BCUT2D eigenvalue weighted by Gasteiger charge is -2.32. The SMILES string of the molecule is COc1ccc(C(=O)C=Cc2ccc(Cl)cc2)c(OCCCCN2CCN(C)CC2)c1. The van der Waals surface area contributed by atoms with E-state index >= 15 is 0 Å². The van der Waals surface area contributed by atoms with Crippen LogP contribution in [0.2, 0.25) is 5.02 Å². The van der Waals surface area contributed by atoms with Crippen LogP contribution in [-0.4, -0.2) is 69.1 Å². The van der Waals surface area contributed by atoms with Crippen LogP contribution in [0.3, 0.4) is 0 Å². The van der Waals surface area contributed by atoms with Crippen molar-refractivity contribution in [3.8, 4) is 11.5 Å². The minimum absolute atomic E-state index is 0.106. The first-order valence-corrected chi connectivity index (χ1v) is 11.1. The standard InChI is InChI=1S/C25H31ClN2O3/c1-27-14-16-28(17-15-27)13-3-4-18-31-25-19-22(30-2)10-11-23(25)24(29)12-7-20-5-8-21(26)9-6-20/h5-12,19H,3-4,13-18H2,1-2H3. The van der Waals surface area contributed by atoms with Gasteiger partial charge in [-0.25, -0.2) is 0 Å². The Labute approximate surface area is 190 Å². The van der Waals surface area contributed by atoms with Crippen LogP contribution >= 0.6 is 11.6 Å². The van der Waals surface area contributed by atoms with Crippen LogP contribution < -0.4 is 9.47 Å². The molecule has 1 fully saturated rings. The zero-order valence-electron chi connectivity index (χ0n) is 18.4. The van der Waals surface area contributed by atoms with E-state index in [1.165, 1.54) is 0 Å². The molecule has 0 bridgehead atoms. The minimum atomic E-state index is -0.106. The molecule has 0 N–H and O–H groups in total. The summed E-state index contributed by atoms with van der Waals surface area (Å²) < 4.78 is 11.3. The monoisotopic (exact) mass is 442 g/mol. The van der Waals surface area contributed by atoms with Crippen molar-refractivity contribution >= 4 is 23.5 Å². The molecule has 1 aliphatic heterocycles. The molecule has 166 valence electrons. The number of hydrogen-bond acceptors (Lipinski definition) is 5. The Morgan fingerprint density at radius 2 is 1.81 bits per heavy atom. The van der Waals surface area contributed by atoms with E-state index in [0.717, 1.165) is 51.1 Å². The van der Waals surface area contributed by atoms with E-state index in [9.17, 15) is 4.79 Å². The number of allylic oxidation sites excluding steroid dienone is 1. The summed E-state index contributed by atoms with van der Waals surface area (Å²) in [5, 5.41) is 0.668. The summed E-state index contributed by atoms with van der Waals surface area (Å²) in [5.41, 5.74) is 1.45. The number of ketones is 1. The van der Waals surface area contributed by atoms with Gasteiger partial charge in [0.2, 0.25) is 0 Å². The van der Waals surface area contributed by atoms with Crippen LogP contribution in [0.1, 0.15) is 28.8 Å². The lowest BCUT2D eigenvalue weighted by atomic mass is 10.1. The summed E-state index contributed by atoms with van der Waals surface area (Å²) in [6.45, 7) is 6.19. The Hall–Kier alpha value is -2.34. The van der Waals surface area contributed by atoms with E-state index in [1.54, 1.807) is 49.6 Å². The fraction of sp³-hybridized carbons (Fsp3) is 0.400. The van der Waals surface area contributed by atoms with Crippen molar-refractivity contribution in [1.29, 1.82) is 0 Å². The van der Waals surface area contributed by atoms with Crippen molar-refractivity contribution in [3.63, 3.8) is 0 Å². The third kappa shape index (κ3) is 7.39. The maximum Gasteiger partial charge on any atom is 0.189 e. The summed E-state index contributed by atoms with van der Waals surface area (Å²) in [4.78, 5) is 17.6. The third-order valence-electron chi connectivity index (χ3n) is 5.47. The predicted molar refractivity (Wildman–Crippen MR) is 126 cm³/mol. The number of carbonyl (C=O) groups excluding carboxylic acids is 1. The molecular weight excluding hydrogens is 412 g/mol. The largest absolute Gasteiger partial charge is 0.497 e. The van der Waals surface area contributed by atoms with Gasteiger partial charge in [0.15, 0.2) is 5.78 Å². The molecule has 0 spiro atoms. The second-order valence-corrected chi connectivity index (χ2v) is 8.25.